The molecule has 0 spiro atoms. The van der Waals surface area contributed by atoms with Gasteiger partial charge in [0, 0.05) is 17.6 Å². The molecular weight excluding hydrogens is 353 g/mol. The lowest BCUT2D eigenvalue weighted by Crippen LogP contribution is -2.26. The van der Waals surface area contributed by atoms with Crippen molar-refractivity contribution in [3.8, 4) is 0 Å². The van der Waals surface area contributed by atoms with Gasteiger partial charge in [0.15, 0.2) is 0 Å². The second-order valence-electron chi connectivity index (χ2n) is 3.97. The van der Waals surface area contributed by atoms with Crippen molar-refractivity contribution in [3.05, 3.63) is 55.4 Å². The SMILES string of the molecule is CN(Cc1c(F)cccc1Cl)C(=O)c1ccc(Br)s1. The fraction of sp³-hybridized carbons (Fsp3) is 0.154. The van der Waals surface area contributed by atoms with E-state index < -0.39 is 5.82 Å². The molecule has 2 aromatic rings. The maximum atomic E-state index is 13.7. The van der Waals surface area contributed by atoms with E-state index in [4.69, 9.17) is 11.6 Å². The third kappa shape index (κ3) is 3.35. The smallest absolute Gasteiger partial charge is 0.264 e. The number of rotatable bonds is 3. The van der Waals surface area contributed by atoms with Crippen molar-refractivity contribution in [3.63, 3.8) is 0 Å². The predicted octanol–water partition coefficient (Wildman–Crippen LogP) is 4.58. The van der Waals surface area contributed by atoms with Gasteiger partial charge in [0.25, 0.3) is 5.91 Å². The van der Waals surface area contributed by atoms with Gasteiger partial charge in [0.1, 0.15) is 5.82 Å². The van der Waals surface area contributed by atoms with Gasteiger partial charge in [0.05, 0.1) is 15.2 Å². The Balaban J connectivity index is 2.17. The summed E-state index contributed by atoms with van der Waals surface area (Å²) in [6.45, 7) is 0.139. The Hall–Kier alpha value is -0.910. The molecule has 0 atom stereocenters. The molecule has 0 aliphatic heterocycles. The first-order chi connectivity index (χ1) is 8.99. The number of carbonyl (C=O) groups is 1. The molecule has 0 unspecified atom stereocenters. The largest absolute Gasteiger partial charge is 0.337 e. The fourth-order valence-corrected chi connectivity index (χ4v) is 3.21. The lowest BCUT2D eigenvalue weighted by atomic mass is 10.2. The summed E-state index contributed by atoms with van der Waals surface area (Å²) in [6, 6.07) is 8.03. The van der Waals surface area contributed by atoms with Gasteiger partial charge in [-0.05, 0) is 40.2 Å². The number of halogens is 3. The highest BCUT2D eigenvalue weighted by atomic mass is 79.9. The molecule has 0 saturated carbocycles. The quantitative estimate of drug-likeness (QED) is 0.783. The standard InChI is InChI=1S/C13H10BrClFNOS/c1-17(13(18)11-5-6-12(14)19-11)7-8-9(15)3-2-4-10(8)16/h2-6H,7H2,1H3. The lowest BCUT2D eigenvalue weighted by Gasteiger charge is -2.17. The van der Waals surface area contributed by atoms with Gasteiger partial charge < -0.3 is 4.90 Å². The summed E-state index contributed by atoms with van der Waals surface area (Å²) in [5, 5.41) is 0.326. The van der Waals surface area contributed by atoms with Crippen LogP contribution >= 0.6 is 38.9 Å². The number of amides is 1. The zero-order valence-electron chi connectivity index (χ0n) is 9.99. The van der Waals surface area contributed by atoms with Gasteiger partial charge in [-0.2, -0.15) is 0 Å². The zero-order chi connectivity index (χ0) is 14.0. The van der Waals surface area contributed by atoms with Crippen LogP contribution in [0.1, 0.15) is 15.2 Å². The van der Waals surface area contributed by atoms with Gasteiger partial charge in [-0.25, -0.2) is 4.39 Å². The summed E-state index contributed by atoms with van der Waals surface area (Å²) >= 11 is 10.6. The highest BCUT2D eigenvalue weighted by molar-refractivity contribution is 9.11. The molecule has 0 aliphatic carbocycles. The minimum Gasteiger partial charge on any atom is -0.337 e. The van der Waals surface area contributed by atoms with Gasteiger partial charge >= 0.3 is 0 Å². The third-order valence-corrected chi connectivity index (χ3v) is 4.55. The van der Waals surface area contributed by atoms with Crippen molar-refractivity contribution in [1.82, 2.24) is 4.90 Å². The maximum Gasteiger partial charge on any atom is 0.264 e. The van der Waals surface area contributed by atoms with E-state index in [2.05, 4.69) is 15.9 Å². The van der Waals surface area contributed by atoms with E-state index in [1.807, 2.05) is 6.07 Å². The molecule has 0 aliphatic rings. The van der Waals surface area contributed by atoms with Crippen molar-refractivity contribution in [2.75, 3.05) is 7.05 Å². The molecule has 0 bridgehead atoms. The van der Waals surface area contributed by atoms with Crippen LogP contribution in [0.4, 0.5) is 4.39 Å². The number of benzene rings is 1. The van der Waals surface area contributed by atoms with Crippen LogP contribution in [0.2, 0.25) is 5.02 Å². The Morgan fingerprint density at radius 3 is 2.74 bits per heavy atom. The van der Waals surface area contributed by atoms with Crippen molar-refractivity contribution in [2.24, 2.45) is 0 Å². The van der Waals surface area contributed by atoms with Crippen LogP contribution < -0.4 is 0 Å². The molecule has 6 heteroatoms. The second kappa shape index (κ2) is 6.03. The summed E-state index contributed by atoms with van der Waals surface area (Å²) < 4.78 is 14.5. The molecule has 100 valence electrons. The average molecular weight is 363 g/mol. The molecule has 0 radical (unpaired) electrons. The van der Waals surface area contributed by atoms with Crippen molar-refractivity contribution < 1.29 is 9.18 Å². The number of hydrogen-bond acceptors (Lipinski definition) is 2. The summed E-state index contributed by atoms with van der Waals surface area (Å²) in [4.78, 5) is 14.2. The molecule has 0 fully saturated rings. The Kier molecular flexibility index (Phi) is 4.60. The fourth-order valence-electron chi connectivity index (χ4n) is 1.61. The second-order valence-corrected chi connectivity index (χ2v) is 6.84. The van der Waals surface area contributed by atoms with Crippen LogP contribution in [-0.2, 0) is 6.54 Å². The molecule has 19 heavy (non-hydrogen) atoms. The highest BCUT2D eigenvalue weighted by Gasteiger charge is 2.17. The van der Waals surface area contributed by atoms with E-state index in [9.17, 15) is 9.18 Å². The van der Waals surface area contributed by atoms with Crippen molar-refractivity contribution >= 4 is 44.8 Å². The minimum absolute atomic E-state index is 0.139. The van der Waals surface area contributed by atoms with E-state index in [0.717, 1.165) is 3.79 Å². The van der Waals surface area contributed by atoms with Crippen LogP contribution in [0.25, 0.3) is 0 Å². The van der Waals surface area contributed by atoms with Crippen LogP contribution in [0, 0.1) is 5.82 Å². The monoisotopic (exact) mass is 361 g/mol. The Morgan fingerprint density at radius 1 is 1.42 bits per heavy atom. The number of carbonyl (C=O) groups excluding carboxylic acids is 1. The van der Waals surface area contributed by atoms with E-state index in [1.54, 1.807) is 25.2 Å². The van der Waals surface area contributed by atoms with Gasteiger partial charge in [-0.1, -0.05) is 17.7 Å². The van der Waals surface area contributed by atoms with Gasteiger partial charge in [0.2, 0.25) is 0 Å². The van der Waals surface area contributed by atoms with Crippen molar-refractivity contribution in [2.45, 2.75) is 6.54 Å². The van der Waals surface area contributed by atoms with Crippen LogP contribution in [0.3, 0.4) is 0 Å². The van der Waals surface area contributed by atoms with E-state index >= 15 is 0 Å². The van der Waals surface area contributed by atoms with Gasteiger partial charge in [-0.3, -0.25) is 4.79 Å². The molecule has 1 aromatic heterocycles. The predicted molar refractivity (Wildman–Crippen MR) is 79.2 cm³/mol. The Bertz CT molecular complexity index is 596. The normalized spacial score (nSPS) is 10.5. The summed E-state index contributed by atoms with van der Waals surface area (Å²) in [5.74, 6) is -0.561. The lowest BCUT2D eigenvalue weighted by molar-refractivity contribution is 0.0788. The Labute approximate surface area is 127 Å². The summed E-state index contributed by atoms with van der Waals surface area (Å²) in [5.41, 5.74) is 0.329. The zero-order valence-corrected chi connectivity index (χ0v) is 13.1. The van der Waals surface area contributed by atoms with E-state index in [0.29, 0.717) is 15.5 Å². The molecule has 1 amide bonds. The summed E-state index contributed by atoms with van der Waals surface area (Å²) in [7, 11) is 1.62. The molecule has 1 heterocycles. The first-order valence-corrected chi connectivity index (χ1v) is 7.41. The number of hydrogen-bond donors (Lipinski definition) is 0. The van der Waals surface area contributed by atoms with Crippen molar-refractivity contribution in [1.29, 1.82) is 0 Å². The molecule has 0 N–H and O–H groups in total. The molecule has 0 saturated heterocycles. The molecule has 1 aromatic carbocycles. The van der Waals surface area contributed by atoms with Crippen LogP contribution in [-0.4, -0.2) is 17.9 Å². The molecule has 2 rings (SSSR count). The number of nitrogens with zero attached hydrogens (tertiary/aromatic N) is 1. The number of thiophene rings is 1. The topological polar surface area (TPSA) is 20.3 Å². The first-order valence-electron chi connectivity index (χ1n) is 5.42. The first kappa shape index (κ1) is 14.5. The average Bonchev–Trinajstić information content (AvgIpc) is 2.79. The maximum absolute atomic E-state index is 13.7. The van der Waals surface area contributed by atoms with E-state index in [-0.39, 0.29) is 12.5 Å². The third-order valence-electron chi connectivity index (χ3n) is 2.59. The van der Waals surface area contributed by atoms with Crippen LogP contribution in [0.15, 0.2) is 34.1 Å². The Morgan fingerprint density at radius 2 is 2.16 bits per heavy atom. The van der Waals surface area contributed by atoms with Gasteiger partial charge in [-0.15, -0.1) is 11.3 Å². The summed E-state index contributed by atoms with van der Waals surface area (Å²) in [6.07, 6.45) is 0. The van der Waals surface area contributed by atoms with Crippen LogP contribution in [0.5, 0.6) is 0 Å². The van der Waals surface area contributed by atoms with E-state index in [1.165, 1.54) is 22.3 Å². The minimum atomic E-state index is -0.403. The molecular formula is C13H10BrClFNOS. The highest BCUT2D eigenvalue weighted by Crippen LogP contribution is 2.25. The molecule has 2 nitrogen and oxygen atoms in total.